The number of benzene rings is 1. The number of piperidine rings is 2. The van der Waals surface area contributed by atoms with Crippen LogP contribution in [0.15, 0.2) is 24.3 Å². The number of amides is 2. The van der Waals surface area contributed by atoms with Gasteiger partial charge in [-0.15, -0.1) is 0 Å². The number of carbonyl (C=O) groups is 2. The fourth-order valence-corrected chi connectivity index (χ4v) is 4.60. The number of hydrogen-bond acceptors (Lipinski definition) is 3. The zero-order valence-corrected chi connectivity index (χ0v) is 13.5. The average molecular weight is 313 g/mol. The molecule has 0 aliphatic carbocycles. The van der Waals surface area contributed by atoms with Gasteiger partial charge >= 0.3 is 0 Å². The van der Waals surface area contributed by atoms with Gasteiger partial charge in [0.1, 0.15) is 0 Å². The lowest BCUT2D eigenvalue weighted by Crippen LogP contribution is -2.50. The standard InChI is InChI=1S/C18H23N3O2/c1-12(22)19-16-4-2-15(3-5-16)18(23)21-10-14-6-13-7-17(21)11-20(8-13)9-14/h2-5,13-14,17H,6-11H2,1H3,(H,19,22). The minimum atomic E-state index is -0.0985. The zero-order chi connectivity index (χ0) is 16.0. The third-order valence-electron chi connectivity index (χ3n) is 5.38. The molecule has 1 aromatic carbocycles. The van der Waals surface area contributed by atoms with Gasteiger partial charge in [-0.05, 0) is 48.9 Å². The second kappa shape index (κ2) is 5.64. The molecule has 0 aromatic heterocycles. The van der Waals surface area contributed by atoms with Crippen LogP contribution < -0.4 is 5.32 Å². The number of rotatable bonds is 2. The van der Waals surface area contributed by atoms with Crippen LogP contribution in [0.4, 0.5) is 5.69 Å². The van der Waals surface area contributed by atoms with Crippen LogP contribution in [-0.2, 0) is 4.79 Å². The molecule has 0 spiro atoms. The molecule has 2 amide bonds. The first-order valence-electron chi connectivity index (χ1n) is 8.49. The average Bonchev–Trinajstić information content (AvgIpc) is 2.70. The Hall–Kier alpha value is -1.88. The number of fused-ring (bicyclic) bond motifs is 1. The van der Waals surface area contributed by atoms with Gasteiger partial charge in [-0.2, -0.15) is 0 Å². The van der Waals surface area contributed by atoms with Crippen molar-refractivity contribution in [2.45, 2.75) is 25.8 Å². The summed E-state index contributed by atoms with van der Waals surface area (Å²) in [5.74, 6) is 1.44. The number of nitrogens with zero attached hydrogens (tertiary/aromatic N) is 2. The summed E-state index contributed by atoms with van der Waals surface area (Å²) in [6, 6.07) is 7.62. The predicted octanol–water partition coefficient (Wildman–Crippen LogP) is 1.81. The van der Waals surface area contributed by atoms with Crippen molar-refractivity contribution in [2.75, 3.05) is 31.5 Å². The molecule has 4 fully saturated rings. The largest absolute Gasteiger partial charge is 0.334 e. The van der Waals surface area contributed by atoms with Crippen molar-refractivity contribution in [3.63, 3.8) is 0 Å². The van der Waals surface area contributed by atoms with Gasteiger partial charge in [-0.3, -0.25) is 9.59 Å². The Morgan fingerprint density at radius 1 is 1.00 bits per heavy atom. The van der Waals surface area contributed by atoms with E-state index in [1.54, 1.807) is 12.1 Å². The lowest BCUT2D eigenvalue weighted by molar-refractivity contribution is -0.114. The number of nitrogens with one attached hydrogen (secondary N) is 1. The van der Waals surface area contributed by atoms with Crippen molar-refractivity contribution < 1.29 is 9.59 Å². The lowest BCUT2D eigenvalue weighted by atomic mass is 9.84. The van der Waals surface area contributed by atoms with E-state index in [9.17, 15) is 9.59 Å². The highest BCUT2D eigenvalue weighted by Gasteiger charge is 2.43. The molecule has 4 aliphatic heterocycles. The highest BCUT2D eigenvalue weighted by atomic mass is 16.2. The molecule has 4 saturated heterocycles. The van der Waals surface area contributed by atoms with Gasteiger partial charge in [0.15, 0.2) is 0 Å². The van der Waals surface area contributed by atoms with Gasteiger partial charge in [0.2, 0.25) is 5.91 Å². The first-order chi connectivity index (χ1) is 11.1. The topological polar surface area (TPSA) is 52.7 Å². The van der Waals surface area contributed by atoms with Crippen molar-refractivity contribution >= 4 is 17.5 Å². The van der Waals surface area contributed by atoms with Gasteiger partial charge in [-0.1, -0.05) is 0 Å². The van der Waals surface area contributed by atoms with Crippen LogP contribution in [0.5, 0.6) is 0 Å². The third-order valence-corrected chi connectivity index (χ3v) is 5.38. The highest BCUT2D eigenvalue weighted by Crippen LogP contribution is 2.37. The fraction of sp³-hybridized carbons (Fsp3) is 0.556. The number of carbonyl (C=O) groups excluding carboxylic acids is 2. The minimum Gasteiger partial charge on any atom is -0.334 e. The monoisotopic (exact) mass is 313 g/mol. The summed E-state index contributed by atoms with van der Waals surface area (Å²) < 4.78 is 0. The van der Waals surface area contributed by atoms with E-state index in [-0.39, 0.29) is 11.8 Å². The molecule has 5 heteroatoms. The van der Waals surface area contributed by atoms with Crippen LogP contribution in [0.25, 0.3) is 0 Å². The SMILES string of the molecule is CC(=O)Nc1ccc(C(=O)N2CC3CC4CC2CN(C4)C3)cc1. The first kappa shape index (κ1) is 14.7. The smallest absolute Gasteiger partial charge is 0.254 e. The van der Waals surface area contributed by atoms with Crippen molar-refractivity contribution in [3.05, 3.63) is 29.8 Å². The van der Waals surface area contributed by atoms with Gasteiger partial charge in [-0.25, -0.2) is 0 Å². The molecule has 23 heavy (non-hydrogen) atoms. The van der Waals surface area contributed by atoms with Crippen molar-refractivity contribution in [3.8, 4) is 0 Å². The van der Waals surface area contributed by atoms with Crippen LogP contribution in [-0.4, -0.2) is 53.8 Å². The molecular weight excluding hydrogens is 290 g/mol. The van der Waals surface area contributed by atoms with Gasteiger partial charge in [0.25, 0.3) is 5.91 Å². The Balaban J connectivity index is 1.53. The maximum absolute atomic E-state index is 13.0. The minimum absolute atomic E-state index is 0.0985. The first-order valence-corrected chi connectivity index (χ1v) is 8.49. The summed E-state index contributed by atoms with van der Waals surface area (Å²) in [6.45, 7) is 5.78. The van der Waals surface area contributed by atoms with E-state index in [4.69, 9.17) is 0 Å². The summed E-state index contributed by atoms with van der Waals surface area (Å²) in [5.41, 5.74) is 1.45. The van der Waals surface area contributed by atoms with E-state index in [0.717, 1.165) is 43.2 Å². The molecule has 4 aliphatic rings. The normalized spacial score (nSPS) is 31.8. The predicted molar refractivity (Wildman–Crippen MR) is 88.2 cm³/mol. The number of anilines is 1. The van der Waals surface area contributed by atoms with Crippen molar-refractivity contribution in [2.24, 2.45) is 11.8 Å². The van der Waals surface area contributed by atoms with E-state index in [0.29, 0.717) is 12.0 Å². The van der Waals surface area contributed by atoms with Crippen molar-refractivity contribution in [1.29, 1.82) is 0 Å². The van der Waals surface area contributed by atoms with Gasteiger partial charge in [0.05, 0.1) is 0 Å². The van der Waals surface area contributed by atoms with Crippen LogP contribution >= 0.6 is 0 Å². The molecule has 4 unspecified atom stereocenters. The fourth-order valence-electron chi connectivity index (χ4n) is 4.60. The molecule has 4 atom stereocenters. The summed E-state index contributed by atoms with van der Waals surface area (Å²) in [4.78, 5) is 28.7. The van der Waals surface area contributed by atoms with Crippen LogP contribution in [0, 0.1) is 11.8 Å². The Bertz CT molecular complexity index is 614. The second-order valence-electron chi connectivity index (χ2n) is 7.29. The molecule has 0 saturated carbocycles. The Morgan fingerprint density at radius 2 is 1.74 bits per heavy atom. The van der Waals surface area contributed by atoms with E-state index < -0.39 is 0 Å². The Labute approximate surface area is 136 Å². The van der Waals surface area contributed by atoms with Crippen molar-refractivity contribution in [1.82, 2.24) is 9.80 Å². The summed E-state index contributed by atoms with van der Waals surface area (Å²) in [6.07, 6.45) is 2.43. The van der Waals surface area contributed by atoms with E-state index >= 15 is 0 Å². The van der Waals surface area contributed by atoms with Gasteiger partial charge in [0, 0.05) is 50.4 Å². The van der Waals surface area contributed by atoms with E-state index in [1.165, 1.54) is 19.9 Å². The van der Waals surface area contributed by atoms with E-state index in [1.807, 2.05) is 12.1 Å². The number of hydrogen-bond donors (Lipinski definition) is 1. The maximum atomic E-state index is 13.0. The van der Waals surface area contributed by atoms with Crippen LogP contribution in [0.1, 0.15) is 30.1 Å². The highest BCUT2D eigenvalue weighted by molar-refractivity contribution is 5.95. The molecule has 4 heterocycles. The summed E-state index contributed by atoms with van der Waals surface area (Å²) in [5, 5.41) is 2.74. The zero-order valence-electron chi connectivity index (χ0n) is 13.5. The molecular formula is C18H23N3O2. The molecule has 0 radical (unpaired) electrons. The van der Waals surface area contributed by atoms with Gasteiger partial charge < -0.3 is 15.1 Å². The lowest BCUT2D eigenvalue weighted by Gasteiger charge is -2.41. The molecule has 1 aromatic rings. The molecule has 122 valence electrons. The Kier molecular flexibility index (Phi) is 3.60. The summed E-state index contributed by atoms with van der Waals surface area (Å²) in [7, 11) is 0. The maximum Gasteiger partial charge on any atom is 0.254 e. The molecule has 5 nitrogen and oxygen atoms in total. The second-order valence-corrected chi connectivity index (χ2v) is 7.29. The Morgan fingerprint density at radius 3 is 2.43 bits per heavy atom. The van der Waals surface area contributed by atoms with Crippen LogP contribution in [0.3, 0.4) is 0 Å². The van der Waals surface area contributed by atoms with Crippen LogP contribution in [0.2, 0.25) is 0 Å². The third kappa shape index (κ3) is 2.85. The molecule has 5 rings (SSSR count). The quantitative estimate of drug-likeness (QED) is 0.906. The molecule has 1 N–H and O–H groups in total. The summed E-state index contributed by atoms with van der Waals surface area (Å²) >= 11 is 0. The van der Waals surface area contributed by atoms with E-state index in [2.05, 4.69) is 15.1 Å². The molecule has 4 bridgehead atoms.